The Morgan fingerprint density at radius 1 is 0.731 bits per heavy atom. The van der Waals surface area contributed by atoms with Crippen molar-refractivity contribution in [2.45, 2.75) is 67.2 Å². The molecular weight excluding hydrogens is 829 g/mol. The number of allylic oxidation sites excluding steroid dienone is 2. The van der Waals surface area contributed by atoms with Crippen LogP contribution in [0.3, 0.4) is 0 Å². The summed E-state index contributed by atoms with van der Waals surface area (Å²) >= 11 is 0. The number of halogens is 2. The first-order valence-electron chi connectivity index (χ1n) is 17.9. The van der Waals surface area contributed by atoms with E-state index in [0.717, 1.165) is 69.8 Å². The van der Waals surface area contributed by atoms with Gasteiger partial charge in [-0.2, -0.15) is 0 Å². The van der Waals surface area contributed by atoms with Gasteiger partial charge in [-0.1, -0.05) is 102 Å². The van der Waals surface area contributed by atoms with Gasteiger partial charge in [0.15, 0.2) is 5.78 Å². The Balaban J connectivity index is 0.000000323. The Bertz CT molecular complexity index is 2170. The fourth-order valence-corrected chi connectivity index (χ4v) is 6.87. The predicted octanol–water partition coefficient (Wildman–Crippen LogP) is 13.0. The van der Waals surface area contributed by atoms with Crippen molar-refractivity contribution in [3.63, 3.8) is 0 Å². The summed E-state index contributed by atoms with van der Waals surface area (Å²) in [6.07, 6.45) is 6.67. The van der Waals surface area contributed by atoms with Gasteiger partial charge in [-0.05, 0) is 82.4 Å². The van der Waals surface area contributed by atoms with Gasteiger partial charge in [-0.3, -0.25) is 4.79 Å². The van der Waals surface area contributed by atoms with Crippen molar-refractivity contribution in [1.82, 2.24) is 4.98 Å². The number of ketones is 1. The molecule has 0 aliphatic carbocycles. The number of aromatic nitrogens is 1. The molecule has 0 aliphatic heterocycles. The Morgan fingerprint density at radius 3 is 2.00 bits per heavy atom. The van der Waals surface area contributed by atoms with Crippen LogP contribution in [0.4, 0.5) is 8.78 Å². The van der Waals surface area contributed by atoms with E-state index in [0.29, 0.717) is 22.1 Å². The largest absolute Gasteiger partial charge is 0.512 e. The number of aliphatic hydroxyl groups excluding tert-OH is 1. The Labute approximate surface area is 320 Å². The number of nitrogens with zero attached hydrogens (tertiary/aromatic N) is 1. The van der Waals surface area contributed by atoms with E-state index in [1.54, 1.807) is 18.3 Å². The molecule has 0 aliphatic rings. The minimum atomic E-state index is -0.354. The van der Waals surface area contributed by atoms with Crippen LogP contribution >= 0.6 is 0 Å². The van der Waals surface area contributed by atoms with E-state index in [-0.39, 0.29) is 55.1 Å². The van der Waals surface area contributed by atoms with Crippen molar-refractivity contribution in [2.24, 2.45) is 11.8 Å². The molecule has 0 spiro atoms. The number of hydrogen-bond donors (Lipinski definition) is 1. The zero-order valence-corrected chi connectivity index (χ0v) is 33.1. The maximum Gasteiger partial charge on any atom is 0.162 e. The van der Waals surface area contributed by atoms with Crippen molar-refractivity contribution in [1.29, 1.82) is 0 Å². The fourth-order valence-electron chi connectivity index (χ4n) is 6.87. The molecule has 0 amide bonds. The van der Waals surface area contributed by atoms with Gasteiger partial charge in [0.25, 0.3) is 0 Å². The van der Waals surface area contributed by atoms with E-state index in [4.69, 9.17) is 0 Å². The molecule has 0 fully saturated rings. The van der Waals surface area contributed by atoms with Crippen LogP contribution in [0.1, 0.15) is 64.5 Å². The van der Waals surface area contributed by atoms with Gasteiger partial charge in [-0.15, -0.1) is 34.9 Å². The summed E-state index contributed by atoms with van der Waals surface area (Å²) in [5.41, 5.74) is 6.54. The molecule has 6 heteroatoms. The van der Waals surface area contributed by atoms with E-state index in [2.05, 4.69) is 30.1 Å². The first kappa shape index (κ1) is 40.3. The molecule has 0 saturated heterocycles. The van der Waals surface area contributed by atoms with E-state index in [9.17, 15) is 14.3 Å². The smallest absolute Gasteiger partial charge is 0.162 e. The van der Waals surface area contributed by atoms with Crippen molar-refractivity contribution in [2.75, 3.05) is 0 Å². The molecular formula is C46H46F2IrNO2-. The standard InChI is InChI=1S/C33H22F2N.C13H24O2.Ir/c1-20-16-21(2)18-23(17-20)33-30-13-12-28-25(27(30)14-15-36-33)10-11-29(32(28)35)26-9-8-24(34)19-31(26)22-6-4-3-5-7-22;1-5-10(6-2)12(14)9-13(15)11(7-3)8-4;/h3-17,19H,1-2H3;9-11,14H,5-8H2,1-4H3;/q-1;;/b;12-9-;. The van der Waals surface area contributed by atoms with E-state index >= 15 is 4.39 Å². The molecule has 1 heterocycles. The van der Waals surface area contributed by atoms with Gasteiger partial charge in [0, 0.05) is 55.2 Å². The second-order valence-electron chi connectivity index (χ2n) is 13.2. The normalized spacial score (nSPS) is 11.5. The average Bonchev–Trinajstić information content (AvgIpc) is 3.13. The van der Waals surface area contributed by atoms with Crippen molar-refractivity contribution in [3.05, 3.63) is 138 Å². The van der Waals surface area contributed by atoms with Crippen LogP contribution in [0.15, 0.2) is 109 Å². The predicted molar refractivity (Wildman–Crippen MR) is 208 cm³/mol. The summed E-state index contributed by atoms with van der Waals surface area (Å²) < 4.78 is 30.3. The minimum absolute atomic E-state index is 0. The molecule has 52 heavy (non-hydrogen) atoms. The Morgan fingerprint density at radius 2 is 1.35 bits per heavy atom. The van der Waals surface area contributed by atoms with Crippen LogP contribution in [-0.4, -0.2) is 15.9 Å². The van der Waals surface area contributed by atoms with Crippen LogP contribution in [0, 0.1) is 43.4 Å². The molecule has 0 unspecified atom stereocenters. The summed E-state index contributed by atoms with van der Waals surface area (Å²) in [6, 6.07) is 31.0. The number of pyridine rings is 1. The quantitative estimate of drug-likeness (QED) is 0.0646. The summed E-state index contributed by atoms with van der Waals surface area (Å²) in [5, 5.41) is 13.0. The first-order valence-corrected chi connectivity index (χ1v) is 17.9. The third-order valence-electron chi connectivity index (χ3n) is 9.72. The average molecular weight is 875 g/mol. The third kappa shape index (κ3) is 8.92. The third-order valence-corrected chi connectivity index (χ3v) is 9.72. The van der Waals surface area contributed by atoms with Crippen LogP contribution in [0.5, 0.6) is 0 Å². The van der Waals surface area contributed by atoms with Gasteiger partial charge in [0.05, 0.1) is 5.76 Å². The molecule has 1 aromatic heterocycles. The number of aliphatic hydroxyl groups is 1. The first-order chi connectivity index (χ1) is 24.6. The molecule has 1 N–H and O–H groups in total. The topological polar surface area (TPSA) is 50.2 Å². The number of carbonyl (C=O) groups excluding carboxylic acids is 1. The molecule has 6 aromatic rings. The summed E-state index contributed by atoms with van der Waals surface area (Å²) in [6.45, 7) is 12.1. The monoisotopic (exact) mass is 875 g/mol. The van der Waals surface area contributed by atoms with Gasteiger partial charge >= 0.3 is 0 Å². The van der Waals surface area contributed by atoms with Gasteiger partial charge in [0.2, 0.25) is 0 Å². The van der Waals surface area contributed by atoms with E-state index < -0.39 is 0 Å². The zero-order valence-electron chi connectivity index (χ0n) is 30.7. The van der Waals surface area contributed by atoms with Crippen molar-refractivity contribution < 1.29 is 38.8 Å². The van der Waals surface area contributed by atoms with Crippen LogP contribution in [0.2, 0.25) is 0 Å². The molecule has 0 atom stereocenters. The van der Waals surface area contributed by atoms with Crippen molar-refractivity contribution >= 4 is 27.3 Å². The molecule has 5 aromatic carbocycles. The summed E-state index contributed by atoms with van der Waals surface area (Å²) in [7, 11) is 0. The number of aryl methyl sites for hydroxylation is 2. The maximum absolute atomic E-state index is 16.1. The second-order valence-corrected chi connectivity index (χ2v) is 13.2. The number of benzene rings is 5. The minimum Gasteiger partial charge on any atom is -0.512 e. The molecule has 3 nitrogen and oxygen atoms in total. The van der Waals surface area contributed by atoms with Gasteiger partial charge < -0.3 is 10.1 Å². The SMILES string of the molecule is CCC(CC)C(=O)/C=C(\O)C(CC)CC.Cc1[c-]c(-c2nccc3c2ccc2c(F)c(-c4ccc(F)cc4-c4ccccc4)ccc23)cc(C)c1.[Ir]. The number of fused-ring (bicyclic) bond motifs is 3. The van der Waals surface area contributed by atoms with Gasteiger partial charge in [0.1, 0.15) is 11.6 Å². The van der Waals surface area contributed by atoms with Crippen LogP contribution in [-0.2, 0) is 24.9 Å². The number of rotatable bonds is 10. The molecule has 271 valence electrons. The molecule has 6 rings (SSSR count). The summed E-state index contributed by atoms with van der Waals surface area (Å²) in [4.78, 5) is 16.4. The maximum atomic E-state index is 16.1. The molecule has 1 radical (unpaired) electrons. The summed E-state index contributed by atoms with van der Waals surface area (Å²) in [5.74, 6) is -0.131. The fraction of sp³-hybridized carbons (Fsp3) is 0.261. The molecule has 0 bridgehead atoms. The second kappa shape index (κ2) is 18.3. The zero-order chi connectivity index (χ0) is 36.7. The van der Waals surface area contributed by atoms with Crippen LogP contribution in [0.25, 0.3) is 55.1 Å². The number of carbonyl (C=O) groups is 1. The van der Waals surface area contributed by atoms with Crippen LogP contribution < -0.4 is 0 Å². The number of hydrogen-bond acceptors (Lipinski definition) is 3. The Kier molecular flexibility index (Phi) is 14.2. The van der Waals surface area contributed by atoms with Gasteiger partial charge in [-0.25, -0.2) is 8.78 Å². The molecule has 0 saturated carbocycles. The Hall–Kier alpha value is -4.51. The van der Waals surface area contributed by atoms with E-state index in [1.807, 2.05) is 89.2 Å². The van der Waals surface area contributed by atoms with Crippen molar-refractivity contribution in [3.8, 4) is 33.5 Å². The van der Waals surface area contributed by atoms with E-state index in [1.165, 1.54) is 18.2 Å².